The van der Waals surface area contributed by atoms with E-state index in [1.54, 1.807) is 19.9 Å². The number of nitrogens with one attached hydrogen (secondary N) is 2. The Morgan fingerprint density at radius 2 is 1.86 bits per heavy atom. The summed E-state index contributed by atoms with van der Waals surface area (Å²) < 4.78 is 0. The molecule has 112 valence electrons. The van der Waals surface area contributed by atoms with Gasteiger partial charge in [-0.05, 0) is 39.3 Å². The first-order chi connectivity index (χ1) is 9.64. The number of H-pyrrole nitrogens is 1. The molecule has 21 heavy (non-hydrogen) atoms. The van der Waals surface area contributed by atoms with Crippen LogP contribution < -0.4 is 10.9 Å². The Morgan fingerprint density at radius 1 is 1.24 bits per heavy atom. The Labute approximate surface area is 121 Å². The van der Waals surface area contributed by atoms with Gasteiger partial charge in [0, 0.05) is 5.69 Å². The quantitative estimate of drug-likeness (QED) is 0.704. The number of carbonyl (C=O) groups is 3. The number of imide groups is 1. The highest BCUT2D eigenvalue weighted by Crippen LogP contribution is 2.21. The van der Waals surface area contributed by atoms with Gasteiger partial charge in [0.15, 0.2) is 0 Å². The summed E-state index contributed by atoms with van der Waals surface area (Å²) in [7, 11) is 0. The van der Waals surface area contributed by atoms with E-state index in [0.717, 1.165) is 4.90 Å². The van der Waals surface area contributed by atoms with E-state index in [2.05, 4.69) is 10.3 Å². The molecule has 0 saturated carbocycles. The van der Waals surface area contributed by atoms with E-state index in [9.17, 15) is 19.2 Å². The van der Waals surface area contributed by atoms with Crippen molar-refractivity contribution in [1.82, 2.24) is 15.2 Å². The Kier molecular flexibility index (Phi) is 3.44. The maximum Gasteiger partial charge on any atom is 0.261 e. The number of rotatable bonds is 1. The zero-order valence-corrected chi connectivity index (χ0v) is 12.4. The van der Waals surface area contributed by atoms with Crippen molar-refractivity contribution in [2.75, 3.05) is 6.54 Å². The normalized spacial score (nSPS) is 17.6. The molecule has 1 saturated heterocycles. The number of carbonyl (C=O) groups excluding carboxylic acids is 3. The summed E-state index contributed by atoms with van der Waals surface area (Å²) in [5.74, 6) is -1.75. The molecule has 3 amide bonds. The summed E-state index contributed by atoms with van der Waals surface area (Å²) in [5, 5.41) is 2.19. The minimum atomic E-state index is -1.20. The molecule has 2 N–H and O–H groups in total. The molecule has 0 aromatic carbocycles. The van der Waals surface area contributed by atoms with Crippen LogP contribution in [-0.2, 0) is 9.59 Å². The van der Waals surface area contributed by atoms with Gasteiger partial charge >= 0.3 is 0 Å². The van der Waals surface area contributed by atoms with Crippen LogP contribution in [0.1, 0.15) is 35.5 Å². The first kappa shape index (κ1) is 15.0. The zero-order valence-electron chi connectivity index (χ0n) is 12.4. The van der Waals surface area contributed by atoms with Crippen LogP contribution in [0.3, 0.4) is 0 Å². The summed E-state index contributed by atoms with van der Waals surface area (Å²) >= 11 is 0. The maximum atomic E-state index is 12.6. The van der Waals surface area contributed by atoms with Crippen LogP contribution >= 0.6 is 0 Å². The number of aromatic amines is 1. The minimum absolute atomic E-state index is 0.0452. The van der Waals surface area contributed by atoms with Gasteiger partial charge in [-0.3, -0.25) is 24.5 Å². The Bertz CT molecular complexity index is 703. The lowest BCUT2D eigenvalue weighted by Gasteiger charge is -2.40. The van der Waals surface area contributed by atoms with Crippen molar-refractivity contribution in [2.45, 2.75) is 33.2 Å². The van der Waals surface area contributed by atoms with E-state index in [0.29, 0.717) is 11.3 Å². The smallest absolute Gasteiger partial charge is 0.261 e. The van der Waals surface area contributed by atoms with E-state index in [1.165, 1.54) is 13.8 Å². The lowest BCUT2D eigenvalue weighted by atomic mass is 9.96. The van der Waals surface area contributed by atoms with Gasteiger partial charge in [0.25, 0.3) is 17.4 Å². The van der Waals surface area contributed by atoms with Crippen molar-refractivity contribution >= 4 is 17.7 Å². The van der Waals surface area contributed by atoms with Crippen molar-refractivity contribution in [1.29, 1.82) is 0 Å². The number of nitrogens with zero attached hydrogens (tertiary/aromatic N) is 1. The van der Waals surface area contributed by atoms with Crippen LogP contribution in [-0.4, -0.2) is 39.7 Å². The molecule has 0 spiro atoms. The maximum absolute atomic E-state index is 12.6. The van der Waals surface area contributed by atoms with Crippen LogP contribution in [0.5, 0.6) is 0 Å². The molecule has 0 aliphatic carbocycles. The molecule has 1 aromatic heterocycles. The number of hydrogen-bond donors (Lipinski definition) is 2. The van der Waals surface area contributed by atoms with Crippen molar-refractivity contribution in [3.05, 3.63) is 33.2 Å². The van der Waals surface area contributed by atoms with E-state index in [-0.39, 0.29) is 12.1 Å². The first-order valence-corrected chi connectivity index (χ1v) is 6.51. The molecule has 2 heterocycles. The van der Waals surface area contributed by atoms with Crippen molar-refractivity contribution < 1.29 is 14.4 Å². The van der Waals surface area contributed by atoms with Crippen molar-refractivity contribution in [3.8, 4) is 0 Å². The third-order valence-corrected chi connectivity index (χ3v) is 3.61. The molecule has 0 radical (unpaired) electrons. The molecule has 0 bridgehead atoms. The lowest BCUT2D eigenvalue weighted by Crippen LogP contribution is -2.65. The molecule has 0 unspecified atom stereocenters. The second-order valence-corrected chi connectivity index (χ2v) is 5.67. The molecular weight excluding hydrogens is 274 g/mol. The second-order valence-electron chi connectivity index (χ2n) is 5.67. The zero-order chi connectivity index (χ0) is 15.9. The van der Waals surface area contributed by atoms with Gasteiger partial charge in [-0.25, -0.2) is 0 Å². The van der Waals surface area contributed by atoms with Gasteiger partial charge in [-0.2, -0.15) is 0 Å². The summed E-state index contributed by atoms with van der Waals surface area (Å²) in [6.07, 6.45) is 0. The van der Waals surface area contributed by atoms with E-state index < -0.39 is 28.8 Å². The fourth-order valence-electron chi connectivity index (χ4n) is 2.36. The lowest BCUT2D eigenvalue weighted by molar-refractivity contribution is -0.143. The fraction of sp³-hybridized carbons (Fsp3) is 0.429. The number of hydrogen-bond acceptors (Lipinski definition) is 4. The highest BCUT2D eigenvalue weighted by Gasteiger charge is 2.44. The summed E-state index contributed by atoms with van der Waals surface area (Å²) in [6.45, 7) is 6.16. The number of aryl methyl sites for hydroxylation is 2. The van der Waals surface area contributed by atoms with Gasteiger partial charge in [-0.15, -0.1) is 0 Å². The van der Waals surface area contributed by atoms with Gasteiger partial charge in [-0.1, -0.05) is 0 Å². The third-order valence-electron chi connectivity index (χ3n) is 3.61. The van der Waals surface area contributed by atoms with Crippen LogP contribution in [0.15, 0.2) is 10.9 Å². The van der Waals surface area contributed by atoms with Crippen LogP contribution in [0, 0.1) is 13.8 Å². The molecule has 1 aromatic rings. The molecule has 1 fully saturated rings. The average Bonchev–Trinajstić information content (AvgIpc) is 2.32. The average molecular weight is 291 g/mol. The predicted molar refractivity (Wildman–Crippen MR) is 74.8 cm³/mol. The minimum Gasteiger partial charge on any atom is -0.326 e. The van der Waals surface area contributed by atoms with Gasteiger partial charge < -0.3 is 9.88 Å². The molecule has 1 aliphatic heterocycles. The van der Waals surface area contributed by atoms with E-state index in [4.69, 9.17) is 0 Å². The number of pyridine rings is 1. The summed E-state index contributed by atoms with van der Waals surface area (Å²) in [4.78, 5) is 51.8. The molecule has 7 nitrogen and oxygen atoms in total. The number of aromatic nitrogens is 1. The van der Waals surface area contributed by atoms with Gasteiger partial charge in [0.2, 0.25) is 5.91 Å². The summed E-state index contributed by atoms with van der Waals surface area (Å²) in [6, 6.07) is 1.67. The number of amides is 3. The Hall–Kier alpha value is -2.44. The highest BCUT2D eigenvalue weighted by atomic mass is 16.2. The predicted octanol–water partition coefficient (Wildman–Crippen LogP) is -0.131. The molecule has 2 rings (SSSR count). The third kappa shape index (κ3) is 2.46. The number of piperazine rings is 1. The monoisotopic (exact) mass is 291 g/mol. The Balaban J connectivity index is 2.51. The summed E-state index contributed by atoms with van der Waals surface area (Å²) in [5.41, 5.74) is -0.617. The first-order valence-electron chi connectivity index (χ1n) is 6.51. The molecule has 0 atom stereocenters. The second kappa shape index (κ2) is 4.83. The topological polar surface area (TPSA) is 99.3 Å². The highest BCUT2D eigenvalue weighted by molar-refractivity contribution is 6.09. The Morgan fingerprint density at radius 3 is 2.43 bits per heavy atom. The standard InChI is InChI=1S/C14H17N3O4/c1-7-5-8(2)15-11(19)10(7)12(20)17-6-9(18)16-13(21)14(17,3)4/h5H,6H2,1-4H3,(H,15,19)(H,16,18,21). The molecule has 7 heteroatoms. The largest absolute Gasteiger partial charge is 0.326 e. The van der Waals surface area contributed by atoms with Gasteiger partial charge in [0.05, 0.1) is 0 Å². The van der Waals surface area contributed by atoms with E-state index in [1.807, 2.05) is 0 Å². The van der Waals surface area contributed by atoms with Crippen LogP contribution in [0.25, 0.3) is 0 Å². The van der Waals surface area contributed by atoms with E-state index >= 15 is 0 Å². The van der Waals surface area contributed by atoms with Crippen molar-refractivity contribution in [3.63, 3.8) is 0 Å². The van der Waals surface area contributed by atoms with Gasteiger partial charge in [0.1, 0.15) is 17.6 Å². The van der Waals surface area contributed by atoms with Crippen LogP contribution in [0.2, 0.25) is 0 Å². The fourth-order valence-corrected chi connectivity index (χ4v) is 2.36. The molecule has 1 aliphatic rings. The van der Waals surface area contributed by atoms with Crippen molar-refractivity contribution in [2.24, 2.45) is 0 Å². The SMILES string of the molecule is Cc1cc(C)c(C(=O)N2CC(=O)NC(=O)C2(C)C)c(=O)[nH]1. The van der Waals surface area contributed by atoms with Crippen LogP contribution in [0.4, 0.5) is 0 Å². The molecular formula is C14H17N3O4.